The van der Waals surface area contributed by atoms with E-state index in [0.29, 0.717) is 5.41 Å². The van der Waals surface area contributed by atoms with E-state index in [2.05, 4.69) is 18.3 Å². The van der Waals surface area contributed by atoms with Crippen molar-refractivity contribution < 1.29 is 4.74 Å². The number of rotatable bonds is 4. The monoisotopic (exact) mass is 191 g/mol. The van der Waals surface area contributed by atoms with Gasteiger partial charge in [-0.05, 0) is 30.4 Å². The van der Waals surface area contributed by atoms with Gasteiger partial charge in [0.15, 0.2) is 0 Å². The number of hydrogen-bond donors (Lipinski definition) is 1. The molecule has 0 spiro atoms. The van der Waals surface area contributed by atoms with E-state index in [0.717, 1.165) is 18.0 Å². The summed E-state index contributed by atoms with van der Waals surface area (Å²) in [6.45, 7) is 3.36. The van der Waals surface area contributed by atoms with Crippen LogP contribution in [0.5, 0.6) is 5.75 Å². The zero-order valence-electron chi connectivity index (χ0n) is 8.84. The van der Waals surface area contributed by atoms with E-state index in [4.69, 9.17) is 4.74 Å². The summed E-state index contributed by atoms with van der Waals surface area (Å²) in [5.74, 6) is 0.928. The van der Waals surface area contributed by atoms with Crippen molar-refractivity contribution in [3.05, 3.63) is 24.3 Å². The summed E-state index contributed by atoms with van der Waals surface area (Å²) in [7, 11) is 1.71. The standard InChI is InChI=1S/C12H17NO/c1-12(7-8-12)9-13-10-5-3-4-6-11(10)14-2/h3-6,13H,7-9H2,1-2H3. The van der Waals surface area contributed by atoms with Crippen LogP contribution in [-0.2, 0) is 0 Å². The van der Waals surface area contributed by atoms with Crippen LogP contribution in [0.2, 0.25) is 0 Å². The summed E-state index contributed by atoms with van der Waals surface area (Å²) in [5.41, 5.74) is 1.63. The van der Waals surface area contributed by atoms with Crippen molar-refractivity contribution in [2.75, 3.05) is 19.0 Å². The average Bonchev–Trinajstić information content (AvgIpc) is 2.95. The topological polar surface area (TPSA) is 21.3 Å². The summed E-state index contributed by atoms with van der Waals surface area (Å²) in [6, 6.07) is 8.06. The quantitative estimate of drug-likeness (QED) is 0.790. The molecule has 14 heavy (non-hydrogen) atoms. The average molecular weight is 191 g/mol. The number of ether oxygens (including phenoxy) is 1. The van der Waals surface area contributed by atoms with E-state index in [9.17, 15) is 0 Å². The Labute approximate surface area is 85.3 Å². The minimum absolute atomic E-state index is 0.529. The normalized spacial score (nSPS) is 17.6. The van der Waals surface area contributed by atoms with Crippen LogP contribution < -0.4 is 10.1 Å². The molecule has 0 aliphatic heterocycles. The number of anilines is 1. The van der Waals surface area contributed by atoms with E-state index in [1.807, 2.05) is 18.2 Å². The zero-order chi connectivity index (χ0) is 10.0. The Bertz CT molecular complexity index is 318. The Morgan fingerprint density at radius 1 is 1.36 bits per heavy atom. The summed E-state index contributed by atoms with van der Waals surface area (Å²) >= 11 is 0. The van der Waals surface area contributed by atoms with Crippen LogP contribution in [0, 0.1) is 5.41 Å². The molecule has 0 radical (unpaired) electrons. The van der Waals surface area contributed by atoms with E-state index in [1.54, 1.807) is 7.11 Å². The minimum atomic E-state index is 0.529. The van der Waals surface area contributed by atoms with Crippen molar-refractivity contribution in [1.82, 2.24) is 0 Å². The highest BCUT2D eigenvalue weighted by atomic mass is 16.5. The molecule has 0 heterocycles. The molecular formula is C12H17NO. The van der Waals surface area contributed by atoms with Crippen LogP contribution in [-0.4, -0.2) is 13.7 Å². The summed E-state index contributed by atoms with van der Waals surface area (Å²) < 4.78 is 5.27. The van der Waals surface area contributed by atoms with Crippen LogP contribution in [0.1, 0.15) is 19.8 Å². The molecular weight excluding hydrogens is 174 g/mol. The number of benzene rings is 1. The van der Waals surface area contributed by atoms with Crippen molar-refractivity contribution in [2.24, 2.45) is 5.41 Å². The number of methoxy groups -OCH3 is 1. The predicted octanol–water partition coefficient (Wildman–Crippen LogP) is 2.91. The molecule has 1 saturated carbocycles. The molecule has 76 valence electrons. The van der Waals surface area contributed by atoms with Crippen molar-refractivity contribution in [3.63, 3.8) is 0 Å². The number of nitrogens with one attached hydrogen (secondary N) is 1. The molecule has 1 aliphatic rings. The van der Waals surface area contributed by atoms with Gasteiger partial charge in [-0.2, -0.15) is 0 Å². The second-order valence-corrected chi connectivity index (χ2v) is 4.36. The molecule has 1 aromatic carbocycles. The first-order chi connectivity index (χ1) is 6.73. The van der Waals surface area contributed by atoms with Gasteiger partial charge < -0.3 is 10.1 Å². The highest BCUT2D eigenvalue weighted by Gasteiger charge is 2.36. The maximum absolute atomic E-state index is 5.27. The lowest BCUT2D eigenvalue weighted by molar-refractivity contribution is 0.416. The molecule has 2 heteroatoms. The fourth-order valence-corrected chi connectivity index (χ4v) is 1.49. The molecule has 1 N–H and O–H groups in total. The molecule has 2 nitrogen and oxygen atoms in total. The predicted molar refractivity (Wildman–Crippen MR) is 58.8 cm³/mol. The van der Waals surface area contributed by atoms with Gasteiger partial charge in [-0.15, -0.1) is 0 Å². The molecule has 0 saturated heterocycles. The fraction of sp³-hybridized carbons (Fsp3) is 0.500. The molecule has 2 rings (SSSR count). The maximum atomic E-state index is 5.27. The number of hydrogen-bond acceptors (Lipinski definition) is 2. The van der Waals surface area contributed by atoms with Crippen molar-refractivity contribution in [3.8, 4) is 5.75 Å². The summed E-state index contributed by atoms with van der Waals surface area (Å²) in [6.07, 6.45) is 2.68. The Balaban J connectivity index is 2.00. The van der Waals surface area contributed by atoms with E-state index >= 15 is 0 Å². The maximum Gasteiger partial charge on any atom is 0.141 e. The highest BCUT2D eigenvalue weighted by molar-refractivity contribution is 5.56. The van der Waals surface area contributed by atoms with Crippen LogP contribution in [0.4, 0.5) is 5.69 Å². The van der Waals surface area contributed by atoms with E-state index < -0.39 is 0 Å². The minimum Gasteiger partial charge on any atom is -0.495 e. The molecule has 0 unspecified atom stereocenters. The molecule has 1 aliphatic carbocycles. The molecule has 0 atom stereocenters. The summed E-state index contributed by atoms with van der Waals surface area (Å²) in [5, 5.41) is 3.44. The Kier molecular flexibility index (Phi) is 2.36. The van der Waals surface area contributed by atoms with Crippen molar-refractivity contribution in [1.29, 1.82) is 0 Å². The third-order valence-corrected chi connectivity index (χ3v) is 2.92. The van der Waals surface area contributed by atoms with Crippen molar-refractivity contribution in [2.45, 2.75) is 19.8 Å². The lowest BCUT2D eigenvalue weighted by Gasteiger charge is -2.13. The third-order valence-electron chi connectivity index (χ3n) is 2.92. The number of para-hydroxylation sites is 2. The Morgan fingerprint density at radius 3 is 2.71 bits per heavy atom. The molecule has 1 fully saturated rings. The Hall–Kier alpha value is -1.18. The van der Waals surface area contributed by atoms with Gasteiger partial charge in [0.25, 0.3) is 0 Å². The smallest absolute Gasteiger partial charge is 0.141 e. The van der Waals surface area contributed by atoms with Gasteiger partial charge in [0, 0.05) is 6.54 Å². The molecule has 0 amide bonds. The van der Waals surface area contributed by atoms with Gasteiger partial charge in [0.05, 0.1) is 12.8 Å². The van der Waals surface area contributed by atoms with E-state index in [-0.39, 0.29) is 0 Å². The van der Waals surface area contributed by atoms with Crippen LogP contribution in [0.25, 0.3) is 0 Å². The second kappa shape index (κ2) is 3.52. The first-order valence-electron chi connectivity index (χ1n) is 5.10. The van der Waals surface area contributed by atoms with E-state index in [1.165, 1.54) is 12.8 Å². The van der Waals surface area contributed by atoms with Gasteiger partial charge >= 0.3 is 0 Å². The van der Waals surface area contributed by atoms with Gasteiger partial charge in [0.1, 0.15) is 5.75 Å². The third kappa shape index (κ3) is 2.00. The SMILES string of the molecule is COc1ccccc1NCC1(C)CC1. The lowest BCUT2D eigenvalue weighted by atomic mass is 10.1. The molecule has 0 bridgehead atoms. The highest BCUT2D eigenvalue weighted by Crippen LogP contribution is 2.45. The summed E-state index contributed by atoms with van der Waals surface area (Å²) in [4.78, 5) is 0. The molecule has 1 aromatic rings. The van der Waals surface area contributed by atoms with Crippen LogP contribution in [0.3, 0.4) is 0 Å². The first-order valence-corrected chi connectivity index (χ1v) is 5.10. The van der Waals surface area contributed by atoms with Gasteiger partial charge in [-0.1, -0.05) is 19.1 Å². The van der Waals surface area contributed by atoms with Gasteiger partial charge in [-0.3, -0.25) is 0 Å². The second-order valence-electron chi connectivity index (χ2n) is 4.36. The zero-order valence-corrected chi connectivity index (χ0v) is 8.84. The molecule has 0 aromatic heterocycles. The Morgan fingerprint density at radius 2 is 2.07 bits per heavy atom. The van der Waals surface area contributed by atoms with Gasteiger partial charge in [-0.25, -0.2) is 0 Å². The van der Waals surface area contributed by atoms with Gasteiger partial charge in [0.2, 0.25) is 0 Å². The fourth-order valence-electron chi connectivity index (χ4n) is 1.49. The largest absolute Gasteiger partial charge is 0.495 e. The van der Waals surface area contributed by atoms with Crippen LogP contribution in [0.15, 0.2) is 24.3 Å². The van der Waals surface area contributed by atoms with Crippen LogP contribution >= 0.6 is 0 Å². The first kappa shape index (κ1) is 9.38. The lowest BCUT2D eigenvalue weighted by Crippen LogP contribution is -2.12. The van der Waals surface area contributed by atoms with Crippen molar-refractivity contribution >= 4 is 5.69 Å².